The topological polar surface area (TPSA) is 67.2 Å². The molecule has 0 saturated heterocycles. The van der Waals surface area contributed by atoms with Gasteiger partial charge in [0.1, 0.15) is 5.69 Å². The molecule has 1 unspecified atom stereocenters. The van der Waals surface area contributed by atoms with Gasteiger partial charge < -0.3 is 10.4 Å². The molecule has 0 aliphatic carbocycles. The molecule has 0 aliphatic rings. The Hall–Kier alpha value is -1.85. The number of aliphatic hydroxyl groups excluding tert-OH is 1. The van der Waals surface area contributed by atoms with Crippen LogP contribution in [0.2, 0.25) is 5.02 Å². The molecule has 2 aromatic rings. The Morgan fingerprint density at radius 3 is 2.61 bits per heavy atom. The summed E-state index contributed by atoms with van der Waals surface area (Å²) >= 11 is 6.04. The lowest BCUT2D eigenvalue weighted by molar-refractivity contribution is 0.0907. The number of aliphatic hydroxyl groups is 1. The Morgan fingerprint density at radius 2 is 2.04 bits per heavy atom. The molecule has 2 rings (SSSR count). The molecule has 0 saturated carbocycles. The Kier molecular flexibility index (Phi) is 5.12. The van der Waals surface area contributed by atoms with Gasteiger partial charge in [-0.3, -0.25) is 9.48 Å². The summed E-state index contributed by atoms with van der Waals surface area (Å²) in [6.07, 6.45) is -0.858. The van der Waals surface area contributed by atoms with Crippen molar-refractivity contribution >= 4 is 17.5 Å². The lowest BCUT2D eigenvalue weighted by Crippen LogP contribution is -2.30. The minimum atomic E-state index is -0.858. The third kappa shape index (κ3) is 4.12. The van der Waals surface area contributed by atoms with E-state index in [9.17, 15) is 9.90 Å². The molecule has 0 aliphatic heterocycles. The first kappa shape index (κ1) is 17.5. The Balaban J connectivity index is 2.06. The van der Waals surface area contributed by atoms with Crippen molar-refractivity contribution in [2.75, 3.05) is 6.54 Å². The molecule has 5 nitrogen and oxygen atoms in total. The van der Waals surface area contributed by atoms with Crippen molar-refractivity contribution in [1.82, 2.24) is 15.1 Å². The number of carbonyl (C=O) groups is 1. The van der Waals surface area contributed by atoms with Crippen LogP contribution in [0.3, 0.4) is 0 Å². The van der Waals surface area contributed by atoms with Gasteiger partial charge in [0.15, 0.2) is 0 Å². The molecule has 1 atom stereocenters. The average molecular weight is 336 g/mol. The fourth-order valence-electron chi connectivity index (χ4n) is 2.18. The third-order valence-corrected chi connectivity index (χ3v) is 3.95. The number of nitrogens with zero attached hydrogens (tertiary/aromatic N) is 2. The highest BCUT2D eigenvalue weighted by Gasteiger charge is 2.22. The first-order chi connectivity index (χ1) is 10.7. The molecular formula is C17H22ClN3O2. The number of nitrogens with one attached hydrogen (secondary N) is 1. The third-order valence-electron chi connectivity index (χ3n) is 3.60. The van der Waals surface area contributed by atoms with Gasteiger partial charge in [0.05, 0.1) is 11.8 Å². The smallest absolute Gasteiger partial charge is 0.269 e. The van der Waals surface area contributed by atoms with E-state index >= 15 is 0 Å². The quantitative estimate of drug-likeness (QED) is 0.902. The number of aryl methyl sites for hydroxylation is 1. The molecule has 1 aromatic heterocycles. The van der Waals surface area contributed by atoms with Gasteiger partial charge in [-0.2, -0.15) is 5.10 Å². The van der Waals surface area contributed by atoms with Crippen LogP contribution in [-0.2, 0) is 12.5 Å². The highest BCUT2D eigenvalue weighted by molar-refractivity contribution is 6.31. The van der Waals surface area contributed by atoms with Crippen molar-refractivity contribution in [3.8, 4) is 0 Å². The normalized spacial score (nSPS) is 13.0. The van der Waals surface area contributed by atoms with Crippen molar-refractivity contribution in [2.24, 2.45) is 7.05 Å². The zero-order valence-electron chi connectivity index (χ0n) is 13.8. The molecule has 0 spiro atoms. The van der Waals surface area contributed by atoms with Gasteiger partial charge in [0.25, 0.3) is 5.91 Å². The van der Waals surface area contributed by atoms with Crippen LogP contribution in [0.25, 0.3) is 0 Å². The largest absolute Gasteiger partial charge is 0.387 e. The number of hydrogen-bond acceptors (Lipinski definition) is 3. The number of halogens is 1. The van der Waals surface area contributed by atoms with Gasteiger partial charge >= 0.3 is 0 Å². The van der Waals surface area contributed by atoms with E-state index in [-0.39, 0.29) is 17.9 Å². The second-order valence-electron chi connectivity index (χ2n) is 6.54. The van der Waals surface area contributed by atoms with E-state index in [1.807, 2.05) is 20.8 Å². The molecule has 1 heterocycles. The predicted molar refractivity (Wildman–Crippen MR) is 90.7 cm³/mol. The summed E-state index contributed by atoms with van der Waals surface area (Å²) in [4.78, 5) is 12.3. The summed E-state index contributed by atoms with van der Waals surface area (Å²) in [5.74, 6) is -0.276. The minimum absolute atomic E-state index is 0.0819. The first-order valence-corrected chi connectivity index (χ1v) is 7.83. The van der Waals surface area contributed by atoms with Crippen LogP contribution >= 0.6 is 11.6 Å². The molecule has 1 aromatic carbocycles. The summed E-state index contributed by atoms with van der Waals surface area (Å²) in [6, 6.07) is 8.81. The highest BCUT2D eigenvalue weighted by atomic mass is 35.5. The molecule has 1 amide bonds. The van der Waals surface area contributed by atoms with Crippen LogP contribution < -0.4 is 5.32 Å². The van der Waals surface area contributed by atoms with Gasteiger partial charge in [-0.25, -0.2) is 0 Å². The minimum Gasteiger partial charge on any atom is -0.387 e. The second kappa shape index (κ2) is 6.72. The molecule has 23 heavy (non-hydrogen) atoms. The van der Waals surface area contributed by atoms with Gasteiger partial charge in [0.2, 0.25) is 0 Å². The zero-order valence-corrected chi connectivity index (χ0v) is 14.6. The summed E-state index contributed by atoms with van der Waals surface area (Å²) in [6.45, 7) is 6.20. The molecule has 2 N–H and O–H groups in total. The number of amides is 1. The van der Waals surface area contributed by atoms with Crippen molar-refractivity contribution < 1.29 is 9.90 Å². The van der Waals surface area contributed by atoms with E-state index in [1.54, 1.807) is 42.1 Å². The van der Waals surface area contributed by atoms with E-state index in [0.717, 1.165) is 5.69 Å². The number of rotatable bonds is 4. The number of carbonyl (C=O) groups excluding carboxylic acids is 1. The van der Waals surface area contributed by atoms with Crippen molar-refractivity contribution in [3.63, 3.8) is 0 Å². The van der Waals surface area contributed by atoms with Gasteiger partial charge in [-0.05, 0) is 12.1 Å². The molecule has 0 fully saturated rings. The van der Waals surface area contributed by atoms with Crippen LogP contribution in [0.4, 0.5) is 0 Å². The zero-order chi connectivity index (χ0) is 17.2. The van der Waals surface area contributed by atoms with Gasteiger partial charge in [0, 0.05) is 29.6 Å². The number of benzene rings is 1. The van der Waals surface area contributed by atoms with Crippen molar-refractivity contribution in [2.45, 2.75) is 32.3 Å². The number of aromatic nitrogens is 2. The fraction of sp³-hybridized carbons (Fsp3) is 0.412. The number of hydrogen-bond donors (Lipinski definition) is 2. The van der Waals surface area contributed by atoms with Crippen LogP contribution in [0, 0.1) is 0 Å². The Labute approximate surface area is 141 Å². The van der Waals surface area contributed by atoms with Crippen LogP contribution in [-0.4, -0.2) is 27.3 Å². The molecule has 0 radical (unpaired) electrons. The van der Waals surface area contributed by atoms with Crippen molar-refractivity contribution in [3.05, 3.63) is 52.3 Å². The van der Waals surface area contributed by atoms with Crippen LogP contribution in [0.1, 0.15) is 48.6 Å². The second-order valence-corrected chi connectivity index (χ2v) is 6.94. The van der Waals surface area contributed by atoms with E-state index in [0.29, 0.717) is 16.3 Å². The predicted octanol–water partition coefficient (Wildman–Crippen LogP) is 2.83. The maximum atomic E-state index is 12.3. The maximum Gasteiger partial charge on any atom is 0.269 e. The van der Waals surface area contributed by atoms with Crippen molar-refractivity contribution in [1.29, 1.82) is 0 Å². The SMILES string of the molecule is Cn1nc(C(C)(C)C)cc1C(=O)NCC(O)c1ccccc1Cl. The molecule has 124 valence electrons. The summed E-state index contributed by atoms with van der Waals surface area (Å²) in [5.41, 5.74) is 1.76. The summed E-state index contributed by atoms with van der Waals surface area (Å²) in [7, 11) is 1.73. The molecule has 0 bridgehead atoms. The average Bonchev–Trinajstić information content (AvgIpc) is 2.87. The van der Waals surface area contributed by atoms with Crippen LogP contribution in [0.5, 0.6) is 0 Å². The van der Waals surface area contributed by atoms with E-state index in [1.165, 1.54) is 0 Å². The van der Waals surface area contributed by atoms with Gasteiger partial charge in [-0.15, -0.1) is 0 Å². The molecule has 6 heteroatoms. The van der Waals surface area contributed by atoms with E-state index in [2.05, 4.69) is 10.4 Å². The van der Waals surface area contributed by atoms with Gasteiger partial charge in [-0.1, -0.05) is 50.6 Å². The lowest BCUT2D eigenvalue weighted by atomic mass is 9.92. The highest BCUT2D eigenvalue weighted by Crippen LogP contribution is 2.23. The van der Waals surface area contributed by atoms with E-state index < -0.39 is 6.10 Å². The standard InChI is InChI=1S/C17H22ClN3O2/c1-17(2,3)15-9-13(21(4)20-15)16(23)19-10-14(22)11-7-5-6-8-12(11)18/h5-9,14,22H,10H2,1-4H3,(H,19,23). The summed E-state index contributed by atoms with van der Waals surface area (Å²) < 4.78 is 1.55. The first-order valence-electron chi connectivity index (χ1n) is 7.45. The fourth-order valence-corrected chi connectivity index (χ4v) is 2.44. The Morgan fingerprint density at radius 1 is 1.39 bits per heavy atom. The van der Waals surface area contributed by atoms with Crippen LogP contribution in [0.15, 0.2) is 30.3 Å². The lowest BCUT2D eigenvalue weighted by Gasteiger charge is -2.14. The summed E-state index contributed by atoms with van der Waals surface area (Å²) in [5, 5.41) is 17.8. The Bertz CT molecular complexity index is 704. The van der Waals surface area contributed by atoms with E-state index in [4.69, 9.17) is 11.6 Å². The molecular weight excluding hydrogens is 314 g/mol. The maximum absolute atomic E-state index is 12.3. The monoisotopic (exact) mass is 335 g/mol.